The number of ether oxygens (including phenoxy) is 2. The third kappa shape index (κ3) is 4.23. The highest BCUT2D eigenvalue weighted by molar-refractivity contribution is 7.89. The fourth-order valence-corrected chi connectivity index (χ4v) is 5.55. The summed E-state index contributed by atoms with van der Waals surface area (Å²) in [5.41, 5.74) is 1.76. The molecule has 1 N–H and O–H groups in total. The van der Waals surface area contributed by atoms with E-state index < -0.39 is 10.0 Å². The summed E-state index contributed by atoms with van der Waals surface area (Å²) in [4.78, 5) is 1.26. The molecule has 1 saturated carbocycles. The number of sulfonamides is 1. The van der Waals surface area contributed by atoms with Crippen LogP contribution in [0.5, 0.6) is 11.5 Å². The molecule has 0 amide bonds. The van der Waals surface area contributed by atoms with Gasteiger partial charge in [0.15, 0.2) is 11.5 Å². The number of hydrogen-bond donors (Lipinski definition) is 1. The van der Waals surface area contributed by atoms with Gasteiger partial charge in [0.05, 0.1) is 48.0 Å². The summed E-state index contributed by atoms with van der Waals surface area (Å²) >= 11 is 1.67. The van der Waals surface area contributed by atoms with Crippen molar-refractivity contribution in [3.05, 3.63) is 47.5 Å². The summed E-state index contributed by atoms with van der Waals surface area (Å²) in [6.45, 7) is 0.120. The highest BCUT2D eigenvalue weighted by Gasteiger charge is 2.23. The molecule has 1 aliphatic carbocycles. The van der Waals surface area contributed by atoms with Crippen molar-refractivity contribution < 1.29 is 17.9 Å². The normalized spacial score (nSPS) is 14.9. The fraction of sp³-hybridized carbons (Fsp3) is 0.381. The molecule has 2 aromatic heterocycles. The Kier molecular flexibility index (Phi) is 6.12. The molecule has 1 aliphatic rings. The number of nitrogens with zero attached hydrogens (tertiary/aromatic N) is 2. The van der Waals surface area contributed by atoms with Crippen LogP contribution >= 0.6 is 11.3 Å². The molecular formula is C21H25N3O4S2. The Morgan fingerprint density at radius 3 is 2.57 bits per heavy atom. The van der Waals surface area contributed by atoms with Gasteiger partial charge in [-0.3, -0.25) is 4.68 Å². The second-order valence-corrected chi connectivity index (χ2v) is 9.94. The zero-order chi connectivity index (χ0) is 21.1. The molecule has 0 atom stereocenters. The van der Waals surface area contributed by atoms with E-state index >= 15 is 0 Å². The third-order valence-corrected chi connectivity index (χ3v) is 7.63. The number of nitrogens with one attached hydrogen (secondary N) is 1. The molecule has 4 rings (SSSR count). The molecule has 2 heterocycles. The van der Waals surface area contributed by atoms with Crippen LogP contribution in [0.1, 0.15) is 37.4 Å². The summed E-state index contributed by atoms with van der Waals surface area (Å²) in [5.74, 6) is 0.846. The molecule has 1 fully saturated rings. The molecule has 7 nitrogen and oxygen atoms in total. The van der Waals surface area contributed by atoms with E-state index in [1.54, 1.807) is 17.4 Å². The molecule has 0 aliphatic heterocycles. The highest BCUT2D eigenvalue weighted by Crippen LogP contribution is 2.35. The molecule has 9 heteroatoms. The molecule has 0 unspecified atom stereocenters. The maximum absolute atomic E-state index is 12.8. The molecule has 0 saturated heterocycles. The van der Waals surface area contributed by atoms with E-state index in [1.165, 1.54) is 39.2 Å². The van der Waals surface area contributed by atoms with Gasteiger partial charge in [-0.1, -0.05) is 18.9 Å². The zero-order valence-electron chi connectivity index (χ0n) is 17.0. The first-order valence-electron chi connectivity index (χ1n) is 9.86. The topological polar surface area (TPSA) is 82.5 Å². The molecule has 0 radical (unpaired) electrons. The second-order valence-electron chi connectivity index (χ2n) is 7.22. The van der Waals surface area contributed by atoms with E-state index in [0.717, 1.165) is 23.4 Å². The van der Waals surface area contributed by atoms with Gasteiger partial charge in [0.1, 0.15) is 0 Å². The van der Waals surface area contributed by atoms with E-state index in [2.05, 4.69) is 15.5 Å². The Morgan fingerprint density at radius 2 is 1.90 bits per heavy atom. The predicted octanol–water partition coefficient (Wildman–Crippen LogP) is 4.22. The Bertz CT molecular complexity index is 1100. The minimum absolute atomic E-state index is 0.119. The van der Waals surface area contributed by atoms with Crippen molar-refractivity contribution >= 4 is 21.4 Å². The number of hydrogen-bond acceptors (Lipinski definition) is 6. The van der Waals surface area contributed by atoms with Crippen LogP contribution in [0.4, 0.5) is 0 Å². The maximum Gasteiger partial charge on any atom is 0.241 e. The lowest BCUT2D eigenvalue weighted by molar-refractivity contribution is 0.354. The first-order valence-corrected chi connectivity index (χ1v) is 12.2. The molecule has 1 aromatic carbocycles. The average molecular weight is 448 g/mol. The quantitative estimate of drug-likeness (QED) is 0.559. The Morgan fingerprint density at radius 1 is 1.13 bits per heavy atom. The van der Waals surface area contributed by atoms with Crippen molar-refractivity contribution in [2.75, 3.05) is 14.2 Å². The number of benzene rings is 1. The van der Waals surface area contributed by atoms with Crippen LogP contribution in [0.3, 0.4) is 0 Å². The lowest BCUT2D eigenvalue weighted by Gasteiger charge is -2.13. The number of thiophene rings is 1. The molecule has 0 bridgehead atoms. The van der Waals surface area contributed by atoms with Crippen LogP contribution in [0.25, 0.3) is 10.6 Å². The van der Waals surface area contributed by atoms with Gasteiger partial charge in [-0.15, -0.1) is 11.3 Å². The SMILES string of the molecule is COc1ccc(S(=O)(=O)NCc2cc(-c3cccs3)n(C3CCCC3)n2)cc1OC. The number of rotatable bonds is 8. The lowest BCUT2D eigenvalue weighted by atomic mass is 10.2. The summed E-state index contributed by atoms with van der Waals surface area (Å²) in [7, 11) is -0.739. The van der Waals surface area contributed by atoms with Crippen LogP contribution < -0.4 is 14.2 Å². The van der Waals surface area contributed by atoms with E-state index in [9.17, 15) is 8.42 Å². The van der Waals surface area contributed by atoms with E-state index in [4.69, 9.17) is 14.6 Å². The maximum atomic E-state index is 12.8. The van der Waals surface area contributed by atoms with Crippen molar-refractivity contribution in [3.63, 3.8) is 0 Å². The Balaban J connectivity index is 1.56. The fourth-order valence-electron chi connectivity index (χ4n) is 3.80. The molecule has 0 spiro atoms. The van der Waals surface area contributed by atoms with Crippen LogP contribution in [0, 0.1) is 0 Å². The monoisotopic (exact) mass is 447 g/mol. The van der Waals surface area contributed by atoms with Gasteiger partial charge in [0, 0.05) is 6.07 Å². The number of methoxy groups -OCH3 is 2. The first-order chi connectivity index (χ1) is 14.5. The summed E-state index contributed by atoms with van der Waals surface area (Å²) in [5, 5.41) is 6.80. The predicted molar refractivity (Wildman–Crippen MR) is 117 cm³/mol. The minimum Gasteiger partial charge on any atom is -0.493 e. The third-order valence-electron chi connectivity index (χ3n) is 5.34. The molecule has 30 heavy (non-hydrogen) atoms. The van der Waals surface area contributed by atoms with Crippen molar-refractivity contribution in [1.82, 2.24) is 14.5 Å². The summed E-state index contributed by atoms with van der Waals surface area (Å²) < 4.78 is 40.8. The van der Waals surface area contributed by atoms with Crippen molar-refractivity contribution in [3.8, 4) is 22.1 Å². The highest BCUT2D eigenvalue weighted by atomic mass is 32.2. The van der Waals surface area contributed by atoms with Crippen molar-refractivity contribution in [1.29, 1.82) is 0 Å². The van der Waals surface area contributed by atoms with Crippen LogP contribution in [-0.4, -0.2) is 32.4 Å². The second kappa shape index (κ2) is 8.79. The first kappa shape index (κ1) is 20.9. The standard InChI is InChI=1S/C21H25N3O4S2/c1-27-19-10-9-17(13-20(19)28-2)30(25,26)22-14-15-12-18(21-8-5-11-29-21)24(23-15)16-6-3-4-7-16/h5,8-13,16,22H,3-4,6-7,14H2,1-2H3. The Labute approximate surface area is 180 Å². The van der Waals surface area contributed by atoms with Crippen molar-refractivity contribution in [2.45, 2.75) is 43.2 Å². The molecule has 160 valence electrons. The van der Waals surface area contributed by atoms with Gasteiger partial charge in [0.25, 0.3) is 0 Å². The van der Waals surface area contributed by atoms with Gasteiger partial charge in [-0.2, -0.15) is 5.10 Å². The molecular weight excluding hydrogens is 422 g/mol. The minimum atomic E-state index is -3.72. The van der Waals surface area contributed by atoms with Gasteiger partial charge >= 0.3 is 0 Å². The van der Waals surface area contributed by atoms with Gasteiger partial charge in [-0.25, -0.2) is 13.1 Å². The van der Waals surface area contributed by atoms with Gasteiger partial charge < -0.3 is 9.47 Å². The summed E-state index contributed by atoms with van der Waals surface area (Å²) in [6, 6.07) is 11.0. The van der Waals surface area contributed by atoms with E-state index in [-0.39, 0.29) is 11.4 Å². The van der Waals surface area contributed by atoms with E-state index in [0.29, 0.717) is 23.2 Å². The Hall–Kier alpha value is -2.36. The van der Waals surface area contributed by atoms with Crippen LogP contribution in [0.2, 0.25) is 0 Å². The van der Waals surface area contributed by atoms with Crippen molar-refractivity contribution in [2.24, 2.45) is 0 Å². The van der Waals surface area contributed by atoms with Crippen LogP contribution in [-0.2, 0) is 16.6 Å². The van der Waals surface area contributed by atoms with Crippen LogP contribution in [0.15, 0.2) is 46.7 Å². The number of aromatic nitrogens is 2. The van der Waals surface area contributed by atoms with Gasteiger partial charge in [0.2, 0.25) is 10.0 Å². The largest absolute Gasteiger partial charge is 0.493 e. The average Bonchev–Trinajstić information content (AvgIpc) is 3.52. The van der Waals surface area contributed by atoms with E-state index in [1.807, 2.05) is 17.5 Å². The summed E-state index contributed by atoms with van der Waals surface area (Å²) in [6.07, 6.45) is 4.62. The molecule has 3 aromatic rings. The smallest absolute Gasteiger partial charge is 0.241 e. The zero-order valence-corrected chi connectivity index (χ0v) is 18.6. The van der Waals surface area contributed by atoms with Gasteiger partial charge in [-0.05, 0) is 42.5 Å². The lowest BCUT2D eigenvalue weighted by Crippen LogP contribution is -2.23.